The first kappa shape index (κ1) is 12.1. The van der Waals surface area contributed by atoms with Crippen LogP contribution < -0.4 is 0 Å². The minimum absolute atomic E-state index is 0.727. The van der Waals surface area contributed by atoms with E-state index in [1.807, 2.05) is 0 Å². The first-order valence-corrected chi connectivity index (χ1v) is 6.77. The largest absolute Gasteiger partial charge is 0.0654 e. The van der Waals surface area contributed by atoms with Crippen molar-refractivity contribution in [2.45, 2.75) is 84.5 Å². The maximum atomic E-state index is 2.52. The Morgan fingerprint density at radius 3 is 2.14 bits per heavy atom. The van der Waals surface area contributed by atoms with Crippen LogP contribution in [0.4, 0.5) is 0 Å². The molecule has 0 aromatic carbocycles. The van der Waals surface area contributed by atoms with Crippen molar-refractivity contribution in [3.05, 3.63) is 0 Å². The molecule has 0 heterocycles. The van der Waals surface area contributed by atoms with Gasteiger partial charge in [0.2, 0.25) is 0 Å². The van der Waals surface area contributed by atoms with Crippen LogP contribution in [0.15, 0.2) is 0 Å². The molecule has 0 aromatic heterocycles. The van der Waals surface area contributed by atoms with Crippen molar-refractivity contribution >= 4 is 0 Å². The normalized spacial score (nSPS) is 21.0. The molecule has 1 aliphatic carbocycles. The summed E-state index contributed by atoms with van der Waals surface area (Å²) >= 11 is 0. The third kappa shape index (κ3) is 4.48. The van der Waals surface area contributed by atoms with Gasteiger partial charge in [0.05, 0.1) is 0 Å². The van der Waals surface area contributed by atoms with Crippen LogP contribution in [0.1, 0.15) is 84.5 Å². The molecule has 14 heavy (non-hydrogen) atoms. The van der Waals surface area contributed by atoms with E-state index in [0.717, 1.165) is 5.41 Å². The highest BCUT2D eigenvalue weighted by Crippen LogP contribution is 2.39. The summed E-state index contributed by atoms with van der Waals surface area (Å²) in [7, 11) is 0. The zero-order chi connectivity index (χ0) is 10.3. The Morgan fingerprint density at radius 1 is 0.857 bits per heavy atom. The van der Waals surface area contributed by atoms with Crippen molar-refractivity contribution in [1.29, 1.82) is 0 Å². The molecule has 0 nitrogen and oxygen atoms in total. The van der Waals surface area contributed by atoms with Gasteiger partial charge in [0.1, 0.15) is 0 Å². The third-order valence-electron chi connectivity index (χ3n) is 3.94. The summed E-state index contributed by atoms with van der Waals surface area (Å²) in [5.41, 5.74) is 0.727. The SMILES string of the molecule is CCCCCCCC1(C)CCCCC1. The van der Waals surface area contributed by atoms with Gasteiger partial charge in [0.25, 0.3) is 0 Å². The predicted octanol–water partition coefficient (Wildman–Crippen LogP) is 5.32. The highest BCUT2D eigenvalue weighted by molar-refractivity contribution is 4.78. The quantitative estimate of drug-likeness (QED) is 0.504. The zero-order valence-corrected chi connectivity index (χ0v) is 10.3. The molecule has 84 valence electrons. The minimum atomic E-state index is 0.727. The Morgan fingerprint density at radius 2 is 1.50 bits per heavy atom. The average Bonchev–Trinajstić information content (AvgIpc) is 2.18. The van der Waals surface area contributed by atoms with Gasteiger partial charge >= 0.3 is 0 Å². The average molecular weight is 196 g/mol. The summed E-state index contributed by atoms with van der Waals surface area (Å²) in [5.74, 6) is 0. The van der Waals surface area contributed by atoms with Crippen molar-refractivity contribution in [3.8, 4) is 0 Å². The lowest BCUT2D eigenvalue weighted by Gasteiger charge is -2.33. The lowest BCUT2D eigenvalue weighted by molar-refractivity contribution is 0.192. The van der Waals surface area contributed by atoms with Crippen molar-refractivity contribution in [3.63, 3.8) is 0 Å². The first-order chi connectivity index (χ1) is 6.77. The van der Waals surface area contributed by atoms with Gasteiger partial charge < -0.3 is 0 Å². The Balaban J connectivity index is 2.03. The van der Waals surface area contributed by atoms with Gasteiger partial charge in [-0.3, -0.25) is 0 Å². The molecular formula is C14H28. The van der Waals surface area contributed by atoms with Gasteiger partial charge in [-0.1, -0.05) is 65.2 Å². The standard InChI is InChI=1S/C14H28/c1-3-4-5-6-8-11-14(2)12-9-7-10-13-14/h3-13H2,1-2H3. The van der Waals surface area contributed by atoms with E-state index in [2.05, 4.69) is 13.8 Å². The highest BCUT2D eigenvalue weighted by Gasteiger charge is 2.25. The molecule has 0 spiro atoms. The predicted molar refractivity (Wildman–Crippen MR) is 64.6 cm³/mol. The number of unbranched alkanes of at least 4 members (excludes halogenated alkanes) is 4. The third-order valence-corrected chi connectivity index (χ3v) is 3.94. The highest BCUT2D eigenvalue weighted by atomic mass is 14.3. The van der Waals surface area contributed by atoms with E-state index in [1.165, 1.54) is 70.6 Å². The van der Waals surface area contributed by atoms with Gasteiger partial charge in [0, 0.05) is 0 Å². The van der Waals surface area contributed by atoms with E-state index >= 15 is 0 Å². The number of hydrogen-bond donors (Lipinski definition) is 0. The lowest BCUT2D eigenvalue weighted by Crippen LogP contribution is -2.19. The van der Waals surface area contributed by atoms with Crippen LogP contribution in [0, 0.1) is 5.41 Å². The molecule has 1 rings (SSSR count). The number of hydrogen-bond acceptors (Lipinski definition) is 0. The Kier molecular flexibility index (Phi) is 5.59. The van der Waals surface area contributed by atoms with Gasteiger partial charge in [-0.25, -0.2) is 0 Å². The molecule has 0 heteroatoms. The molecule has 0 bridgehead atoms. The van der Waals surface area contributed by atoms with Gasteiger partial charge in [-0.2, -0.15) is 0 Å². The molecule has 0 saturated heterocycles. The topological polar surface area (TPSA) is 0 Å². The van der Waals surface area contributed by atoms with Crippen LogP contribution >= 0.6 is 0 Å². The van der Waals surface area contributed by atoms with E-state index < -0.39 is 0 Å². The van der Waals surface area contributed by atoms with Crippen molar-refractivity contribution in [2.24, 2.45) is 5.41 Å². The van der Waals surface area contributed by atoms with Crippen molar-refractivity contribution in [2.75, 3.05) is 0 Å². The van der Waals surface area contributed by atoms with Crippen LogP contribution in [-0.4, -0.2) is 0 Å². The molecule has 0 aromatic rings. The second-order valence-corrected chi connectivity index (χ2v) is 5.54. The fourth-order valence-corrected chi connectivity index (χ4v) is 2.81. The van der Waals surface area contributed by atoms with Crippen LogP contribution in [0.5, 0.6) is 0 Å². The fourth-order valence-electron chi connectivity index (χ4n) is 2.81. The van der Waals surface area contributed by atoms with E-state index in [9.17, 15) is 0 Å². The summed E-state index contributed by atoms with van der Waals surface area (Å²) in [6, 6.07) is 0. The van der Waals surface area contributed by atoms with Crippen LogP contribution in [0.25, 0.3) is 0 Å². The van der Waals surface area contributed by atoms with Crippen LogP contribution in [0.2, 0.25) is 0 Å². The van der Waals surface area contributed by atoms with E-state index in [0.29, 0.717) is 0 Å². The lowest BCUT2D eigenvalue weighted by atomic mass is 9.72. The fraction of sp³-hybridized carbons (Fsp3) is 1.00. The second kappa shape index (κ2) is 6.48. The number of rotatable bonds is 6. The summed E-state index contributed by atoms with van der Waals surface area (Å²) in [6.07, 6.45) is 16.2. The Bertz CT molecular complexity index is 131. The first-order valence-electron chi connectivity index (χ1n) is 6.77. The molecule has 0 atom stereocenters. The molecule has 1 fully saturated rings. The molecule has 0 N–H and O–H groups in total. The minimum Gasteiger partial charge on any atom is -0.0654 e. The summed E-state index contributed by atoms with van der Waals surface area (Å²) < 4.78 is 0. The molecule has 1 aliphatic rings. The molecule has 0 unspecified atom stereocenters. The summed E-state index contributed by atoms with van der Waals surface area (Å²) in [5, 5.41) is 0. The zero-order valence-electron chi connectivity index (χ0n) is 10.3. The second-order valence-electron chi connectivity index (χ2n) is 5.54. The molecule has 0 amide bonds. The van der Waals surface area contributed by atoms with Crippen molar-refractivity contribution < 1.29 is 0 Å². The van der Waals surface area contributed by atoms with Crippen LogP contribution in [-0.2, 0) is 0 Å². The van der Waals surface area contributed by atoms with Gasteiger partial charge in [0.15, 0.2) is 0 Å². The molecule has 0 aliphatic heterocycles. The van der Waals surface area contributed by atoms with Gasteiger partial charge in [-0.05, 0) is 24.7 Å². The molecule has 0 radical (unpaired) electrons. The van der Waals surface area contributed by atoms with Gasteiger partial charge in [-0.15, -0.1) is 0 Å². The van der Waals surface area contributed by atoms with Crippen molar-refractivity contribution in [1.82, 2.24) is 0 Å². The van der Waals surface area contributed by atoms with Crippen LogP contribution in [0.3, 0.4) is 0 Å². The maximum Gasteiger partial charge on any atom is -0.0326 e. The maximum absolute atomic E-state index is 2.52. The van der Waals surface area contributed by atoms with E-state index in [-0.39, 0.29) is 0 Å². The van der Waals surface area contributed by atoms with E-state index in [1.54, 1.807) is 0 Å². The monoisotopic (exact) mass is 196 g/mol. The van der Waals surface area contributed by atoms with E-state index in [4.69, 9.17) is 0 Å². The Hall–Kier alpha value is 0. The molecular weight excluding hydrogens is 168 g/mol. The Labute approximate surface area is 90.5 Å². The smallest absolute Gasteiger partial charge is 0.0326 e. The molecule has 1 saturated carbocycles. The summed E-state index contributed by atoms with van der Waals surface area (Å²) in [4.78, 5) is 0. The summed E-state index contributed by atoms with van der Waals surface area (Å²) in [6.45, 7) is 4.81.